The van der Waals surface area contributed by atoms with E-state index in [1.807, 2.05) is 34.6 Å². The van der Waals surface area contributed by atoms with Crippen LogP contribution in [0.5, 0.6) is 11.5 Å². The number of carbonyl (C=O) groups excluding carboxylic acids is 2. The van der Waals surface area contributed by atoms with Crippen LogP contribution >= 0.6 is 0 Å². The Kier molecular flexibility index (Phi) is 10.3. The SMILES string of the molecule is COc1c(C)c(C)c(OC)c(CCCCC(NC(=O)OC(C)(C)C)C(=O)NC(C)C)c1C. The van der Waals surface area contributed by atoms with Crippen molar-refractivity contribution in [2.75, 3.05) is 14.2 Å². The molecule has 32 heavy (non-hydrogen) atoms. The number of hydrogen-bond acceptors (Lipinski definition) is 5. The molecule has 1 unspecified atom stereocenters. The van der Waals surface area contributed by atoms with Gasteiger partial charge in [0.15, 0.2) is 0 Å². The second-order valence-corrected chi connectivity index (χ2v) is 9.53. The summed E-state index contributed by atoms with van der Waals surface area (Å²) in [5, 5.41) is 5.61. The maximum atomic E-state index is 12.6. The molecule has 0 aliphatic carbocycles. The van der Waals surface area contributed by atoms with Gasteiger partial charge in [0.05, 0.1) is 14.2 Å². The Morgan fingerprint density at radius 1 is 0.875 bits per heavy atom. The molecule has 2 N–H and O–H groups in total. The van der Waals surface area contributed by atoms with Crippen LogP contribution in [0.25, 0.3) is 0 Å². The van der Waals surface area contributed by atoms with Gasteiger partial charge in [-0.2, -0.15) is 0 Å². The number of hydrogen-bond donors (Lipinski definition) is 2. The summed E-state index contributed by atoms with van der Waals surface area (Å²) in [4.78, 5) is 24.9. The third kappa shape index (κ3) is 7.92. The first-order valence-corrected chi connectivity index (χ1v) is 11.3. The van der Waals surface area contributed by atoms with Crippen LogP contribution in [0.3, 0.4) is 0 Å². The number of ether oxygens (including phenoxy) is 3. The molecule has 182 valence electrons. The molecule has 0 aliphatic heterocycles. The minimum absolute atomic E-state index is 0.0136. The van der Waals surface area contributed by atoms with Crippen molar-refractivity contribution in [3.05, 3.63) is 22.3 Å². The Morgan fingerprint density at radius 3 is 1.94 bits per heavy atom. The smallest absolute Gasteiger partial charge is 0.408 e. The van der Waals surface area contributed by atoms with Crippen LogP contribution in [0.2, 0.25) is 0 Å². The first-order valence-electron chi connectivity index (χ1n) is 11.3. The molecule has 0 radical (unpaired) electrons. The highest BCUT2D eigenvalue weighted by molar-refractivity contribution is 5.85. The van der Waals surface area contributed by atoms with Gasteiger partial charge in [-0.1, -0.05) is 6.42 Å². The number of carbonyl (C=O) groups is 2. The van der Waals surface area contributed by atoms with Crippen molar-refractivity contribution in [3.63, 3.8) is 0 Å². The zero-order chi connectivity index (χ0) is 24.6. The molecule has 0 heterocycles. The molecule has 0 saturated carbocycles. The largest absolute Gasteiger partial charge is 0.496 e. The van der Waals surface area contributed by atoms with Crippen LogP contribution in [0.4, 0.5) is 4.79 Å². The molecule has 0 fully saturated rings. The number of unbranched alkanes of at least 4 members (excludes halogenated alkanes) is 1. The minimum atomic E-state index is -0.649. The van der Waals surface area contributed by atoms with Crippen molar-refractivity contribution in [2.24, 2.45) is 0 Å². The molecule has 0 bridgehead atoms. The van der Waals surface area contributed by atoms with E-state index in [2.05, 4.69) is 10.6 Å². The van der Waals surface area contributed by atoms with Gasteiger partial charge in [0.2, 0.25) is 5.91 Å². The number of rotatable bonds is 10. The van der Waals surface area contributed by atoms with Crippen molar-refractivity contribution in [3.8, 4) is 11.5 Å². The first-order chi connectivity index (χ1) is 14.8. The Morgan fingerprint density at radius 2 is 1.44 bits per heavy atom. The molecule has 1 rings (SSSR count). The van der Waals surface area contributed by atoms with E-state index in [1.165, 1.54) is 0 Å². The predicted octanol–water partition coefficient (Wildman–Crippen LogP) is 4.76. The topological polar surface area (TPSA) is 85.9 Å². The van der Waals surface area contributed by atoms with E-state index < -0.39 is 17.7 Å². The average molecular weight is 451 g/mol. The van der Waals surface area contributed by atoms with E-state index in [9.17, 15) is 9.59 Å². The molecule has 0 saturated heterocycles. The number of nitrogens with one attached hydrogen (secondary N) is 2. The molecule has 1 aromatic rings. The molecule has 0 aromatic heterocycles. The van der Waals surface area contributed by atoms with Gasteiger partial charge in [-0.25, -0.2) is 4.79 Å². The van der Waals surface area contributed by atoms with Crippen LogP contribution < -0.4 is 20.1 Å². The Balaban J connectivity index is 2.89. The van der Waals surface area contributed by atoms with Crippen LogP contribution in [-0.4, -0.2) is 43.9 Å². The van der Waals surface area contributed by atoms with Gasteiger partial charge in [0.25, 0.3) is 0 Å². The fourth-order valence-corrected chi connectivity index (χ4v) is 3.79. The van der Waals surface area contributed by atoms with Crippen LogP contribution in [0.1, 0.15) is 76.1 Å². The van der Waals surface area contributed by atoms with Crippen molar-refractivity contribution in [1.82, 2.24) is 10.6 Å². The first kappa shape index (κ1) is 27.6. The summed E-state index contributed by atoms with van der Waals surface area (Å²) >= 11 is 0. The second kappa shape index (κ2) is 12.0. The third-order valence-electron chi connectivity index (χ3n) is 5.33. The summed E-state index contributed by atoms with van der Waals surface area (Å²) in [7, 11) is 3.37. The van der Waals surface area contributed by atoms with E-state index in [-0.39, 0.29) is 11.9 Å². The minimum Gasteiger partial charge on any atom is -0.496 e. The van der Waals surface area contributed by atoms with Gasteiger partial charge in [0.1, 0.15) is 23.1 Å². The van der Waals surface area contributed by atoms with Gasteiger partial charge < -0.3 is 24.8 Å². The summed E-state index contributed by atoms with van der Waals surface area (Å²) in [6.07, 6.45) is 2.31. The fraction of sp³-hybridized carbons (Fsp3) is 0.680. The van der Waals surface area contributed by atoms with Crippen LogP contribution in [0, 0.1) is 20.8 Å². The second-order valence-electron chi connectivity index (χ2n) is 9.53. The van der Waals surface area contributed by atoms with Gasteiger partial charge in [0, 0.05) is 11.6 Å². The maximum Gasteiger partial charge on any atom is 0.408 e. The molecule has 0 aliphatic rings. The molecule has 7 heteroatoms. The lowest BCUT2D eigenvalue weighted by molar-refractivity contribution is -0.123. The Labute approximate surface area is 193 Å². The van der Waals surface area contributed by atoms with Crippen LogP contribution in [0.15, 0.2) is 0 Å². The number of amides is 2. The lowest BCUT2D eigenvalue weighted by Gasteiger charge is -2.24. The van der Waals surface area contributed by atoms with E-state index in [4.69, 9.17) is 14.2 Å². The summed E-state index contributed by atoms with van der Waals surface area (Å²) < 4.78 is 16.7. The fourth-order valence-electron chi connectivity index (χ4n) is 3.79. The highest BCUT2D eigenvalue weighted by Crippen LogP contribution is 2.38. The number of benzene rings is 1. The van der Waals surface area contributed by atoms with Gasteiger partial charge in [-0.15, -0.1) is 0 Å². The Bertz CT molecular complexity index is 797. The summed E-state index contributed by atoms with van der Waals surface area (Å²) in [5.74, 6) is 1.58. The average Bonchev–Trinajstić information content (AvgIpc) is 2.66. The summed E-state index contributed by atoms with van der Waals surface area (Å²) in [5.41, 5.74) is 3.73. The molecule has 1 atom stereocenters. The highest BCUT2D eigenvalue weighted by Gasteiger charge is 2.25. The third-order valence-corrected chi connectivity index (χ3v) is 5.33. The van der Waals surface area contributed by atoms with Crippen molar-refractivity contribution >= 4 is 12.0 Å². The van der Waals surface area contributed by atoms with Crippen molar-refractivity contribution < 1.29 is 23.8 Å². The molecule has 0 spiro atoms. The lowest BCUT2D eigenvalue weighted by Crippen LogP contribution is -2.49. The predicted molar refractivity (Wildman–Crippen MR) is 128 cm³/mol. The zero-order valence-electron chi connectivity index (χ0n) is 21.5. The molecular weight excluding hydrogens is 408 g/mol. The van der Waals surface area contributed by atoms with Crippen molar-refractivity contribution in [2.45, 2.75) is 98.8 Å². The van der Waals surface area contributed by atoms with E-state index in [1.54, 1.807) is 35.0 Å². The lowest BCUT2D eigenvalue weighted by atomic mass is 9.93. The number of alkyl carbamates (subject to hydrolysis) is 1. The molecular formula is C25H42N2O5. The molecule has 1 aromatic carbocycles. The monoisotopic (exact) mass is 450 g/mol. The molecule has 7 nitrogen and oxygen atoms in total. The summed E-state index contributed by atoms with van der Waals surface area (Å²) in [6, 6.07) is -0.662. The van der Waals surface area contributed by atoms with Gasteiger partial charge >= 0.3 is 6.09 Å². The standard InChI is InChI=1S/C25H42N2O5/c1-15(2)26-23(28)20(27-24(29)32-25(6,7)8)14-12-11-13-19-18(5)21(30-9)16(3)17(4)22(19)31-10/h15,20H,11-14H2,1-10H3,(H,26,28)(H,27,29). The van der Waals surface area contributed by atoms with E-state index in [0.717, 1.165) is 53.0 Å². The Hall–Kier alpha value is -2.44. The van der Waals surface area contributed by atoms with Crippen molar-refractivity contribution in [1.29, 1.82) is 0 Å². The van der Waals surface area contributed by atoms with Gasteiger partial charge in [-0.3, -0.25) is 4.79 Å². The summed E-state index contributed by atoms with van der Waals surface area (Å²) in [6.45, 7) is 15.3. The van der Waals surface area contributed by atoms with Gasteiger partial charge in [-0.05, 0) is 91.3 Å². The highest BCUT2D eigenvalue weighted by atomic mass is 16.6. The van der Waals surface area contributed by atoms with E-state index >= 15 is 0 Å². The van der Waals surface area contributed by atoms with E-state index in [0.29, 0.717) is 6.42 Å². The maximum absolute atomic E-state index is 12.6. The van der Waals surface area contributed by atoms with Crippen LogP contribution in [-0.2, 0) is 16.0 Å². The normalized spacial score (nSPS) is 12.3. The molecule has 2 amide bonds. The zero-order valence-corrected chi connectivity index (χ0v) is 21.5. The number of methoxy groups -OCH3 is 2. The quantitative estimate of drug-likeness (QED) is 0.502.